The quantitative estimate of drug-likeness (QED) is 0.497. The first kappa shape index (κ1) is 12.2. The standard InChI is InChI=1S/C16H10NO3/c18-9-13-12-8-11(6-7-14(12)17-16(13)20)15(19)10-4-2-1-3-5-10/h1-2,4-9,18H,(H,17,20). The Labute approximate surface area is 115 Å². The Kier molecular flexibility index (Phi) is 2.84. The fraction of sp³-hybridized carbons (Fsp3) is 0. The van der Waals surface area contributed by atoms with Gasteiger partial charge in [0.1, 0.15) is 0 Å². The van der Waals surface area contributed by atoms with Crippen LogP contribution in [0.15, 0.2) is 48.7 Å². The monoisotopic (exact) mass is 264 g/mol. The molecule has 0 aromatic heterocycles. The molecule has 4 heteroatoms. The smallest absolute Gasteiger partial charge is 0.259 e. The zero-order valence-corrected chi connectivity index (χ0v) is 10.4. The molecule has 20 heavy (non-hydrogen) atoms. The van der Waals surface area contributed by atoms with Gasteiger partial charge in [-0.2, -0.15) is 0 Å². The third-order valence-electron chi connectivity index (χ3n) is 3.16. The van der Waals surface area contributed by atoms with E-state index in [0.29, 0.717) is 22.4 Å². The second kappa shape index (κ2) is 4.66. The summed E-state index contributed by atoms with van der Waals surface area (Å²) in [6.45, 7) is 0. The summed E-state index contributed by atoms with van der Waals surface area (Å²) in [5, 5.41) is 11.7. The van der Waals surface area contributed by atoms with Gasteiger partial charge in [0.25, 0.3) is 5.91 Å². The first-order chi connectivity index (χ1) is 9.70. The predicted octanol–water partition coefficient (Wildman–Crippen LogP) is 2.57. The molecule has 0 saturated heterocycles. The number of benzene rings is 2. The fourth-order valence-corrected chi connectivity index (χ4v) is 2.16. The lowest BCUT2D eigenvalue weighted by atomic mass is 9.99. The molecular formula is C16H10NO3. The molecule has 1 heterocycles. The van der Waals surface area contributed by atoms with Gasteiger partial charge in [-0.05, 0) is 30.3 Å². The Bertz CT molecular complexity index is 733. The van der Waals surface area contributed by atoms with Crippen LogP contribution in [0.4, 0.5) is 5.69 Å². The SMILES string of the molecule is O=C1Nc2ccc(C(=O)c3c[c]ccc3)cc2C1=CO. The number of fused-ring (bicyclic) bond motifs is 1. The Morgan fingerprint density at radius 2 is 2.10 bits per heavy atom. The summed E-state index contributed by atoms with van der Waals surface area (Å²) in [6, 6.07) is 14.5. The Balaban J connectivity index is 2.05. The largest absolute Gasteiger partial charge is 0.515 e. The molecule has 1 radical (unpaired) electrons. The predicted molar refractivity (Wildman–Crippen MR) is 74.4 cm³/mol. The molecule has 1 amide bonds. The molecular weight excluding hydrogens is 254 g/mol. The van der Waals surface area contributed by atoms with Gasteiger partial charge >= 0.3 is 0 Å². The average Bonchev–Trinajstić information content (AvgIpc) is 2.81. The van der Waals surface area contributed by atoms with E-state index in [2.05, 4.69) is 11.4 Å². The van der Waals surface area contributed by atoms with Crippen LogP contribution >= 0.6 is 0 Å². The van der Waals surface area contributed by atoms with Crippen molar-refractivity contribution < 1.29 is 14.7 Å². The van der Waals surface area contributed by atoms with E-state index in [0.717, 1.165) is 6.26 Å². The maximum absolute atomic E-state index is 12.3. The van der Waals surface area contributed by atoms with Crippen LogP contribution in [0, 0.1) is 6.07 Å². The van der Waals surface area contributed by atoms with E-state index in [1.165, 1.54) is 0 Å². The topological polar surface area (TPSA) is 66.4 Å². The lowest BCUT2D eigenvalue weighted by molar-refractivity contribution is -0.110. The van der Waals surface area contributed by atoms with Crippen molar-refractivity contribution >= 4 is 23.0 Å². The van der Waals surface area contributed by atoms with Gasteiger partial charge in [-0.1, -0.05) is 18.2 Å². The Morgan fingerprint density at radius 3 is 2.80 bits per heavy atom. The van der Waals surface area contributed by atoms with Crippen LogP contribution in [0.1, 0.15) is 21.5 Å². The molecule has 0 atom stereocenters. The van der Waals surface area contributed by atoms with Crippen LogP contribution in [0.2, 0.25) is 0 Å². The maximum atomic E-state index is 12.3. The second-order valence-electron chi connectivity index (χ2n) is 4.38. The number of aliphatic hydroxyl groups excluding tert-OH is 1. The van der Waals surface area contributed by atoms with E-state index in [9.17, 15) is 9.59 Å². The number of rotatable bonds is 2. The minimum absolute atomic E-state index is 0.152. The van der Waals surface area contributed by atoms with E-state index >= 15 is 0 Å². The number of hydrogen-bond acceptors (Lipinski definition) is 3. The molecule has 2 N–H and O–H groups in total. The molecule has 0 spiro atoms. The van der Waals surface area contributed by atoms with Gasteiger partial charge in [-0.3, -0.25) is 9.59 Å². The van der Waals surface area contributed by atoms with Crippen LogP contribution < -0.4 is 5.32 Å². The lowest BCUT2D eigenvalue weighted by Crippen LogP contribution is -2.03. The van der Waals surface area contributed by atoms with Gasteiger partial charge in [0.2, 0.25) is 0 Å². The van der Waals surface area contributed by atoms with E-state index in [1.54, 1.807) is 42.5 Å². The lowest BCUT2D eigenvalue weighted by Gasteiger charge is -2.04. The van der Waals surface area contributed by atoms with Crippen molar-refractivity contribution in [2.75, 3.05) is 5.32 Å². The van der Waals surface area contributed by atoms with Crippen molar-refractivity contribution in [1.82, 2.24) is 0 Å². The number of carbonyl (C=O) groups excluding carboxylic acids is 2. The summed E-state index contributed by atoms with van der Waals surface area (Å²) in [5.41, 5.74) is 2.27. The highest BCUT2D eigenvalue weighted by atomic mass is 16.2. The molecule has 4 nitrogen and oxygen atoms in total. The Hall–Kier alpha value is -2.88. The Morgan fingerprint density at radius 1 is 1.25 bits per heavy atom. The molecule has 2 aromatic carbocycles. The molecule has 1 aliphatic rings. The number of aliphatic hydroxyl groups is 1. The van der Waals surface area contributed by atoms with Crippen molar-refractivity contribution in [3.63, 3.8) is 0 Å². The van der Waals surface area contributed by atoms with Crippen molar-refractivity contribution in [2.24, 2.45) is 0 Å². The molecule has 2 aromatic rings. The minimum Gasteiger partial charge on any atom is -0.515 e. The highest BCUT2D eigenvalue weighted by Gasteiger charge is 2.25. The molecule has 1 aliphatic heterocycles. The summed E-state index contributed by atoms with van der Waals surface area (Å²) in [5.74, 6) is -0.526. The summed E-state index contributed by atoms with van der Waals surface area (Å²) < 4.78 is 0. The van der Waals surface area contributed by atoms with E-state index in [4.69, 9.17) is 5.11 Å². The van der Waals surface area contributed by atoms with Crippen molar-refractivity contribution in [3.05, 3.63) is 71.5 Å². The van der Waals surface area contributed by atoms with Gasteiger partial charge in [0, 0.05) is 22.4 Å². The highest BCUT2D eigenvalue weighted by molar-refractivity contribution is 6.31. The zero-order valence-electron chi connectivity index (χ0n) is 10.4. The van der Waals surface area contributed by atoms with Gasteiger partial charge in [0.15, 0.2) is 5.78 Å². The third kappa shape index (κ3) is 1.87. The van der Waals surface area contributed by atoms with Crippen molar-refractivity contribution in [2.45, 2.75) is 0 Å². The second-order valence-corrected chi connectivity index (χ2v) is 4.38. The van der Waals surface area contributed by atoms with Crippen molar-refractivity contribution in [1.29, 1.82) is 0 Å². The molecule has 3 rings (SSSR count). The summed E-state index contributed by atoms with van der Waals surface area (Å²) in [6.07, 6.45) is 0.756. The van der Waals surface area contributed by atoms with Crippen LogP contribution in [0.5, 0.6) is 0 Å². The van der Waals surface area contributed by atoms with E-state index in [-0.39, 0.29) is 17.3 Å². The average molecular weight is 264 g/mol. The molecule has 97 valence electrons. The van der Waals surface area contributed by atoms with E-state index < -0.39 is 0 Å². The third-order valence-corrected chi connectivity index (χ3v) is 3.16. The van der Waals surface area contributed by atoms with Crippen molar-refractivity contribution in [3.8, 4) is 0 Å². The summed E-state index contributed by atoms with van der Waals surface area (Å²) >= 11 is 0. The minimum atomic E-state index is -0.375. The zero-order chi connectivity index (χ0) is 14.1. The van der Waals surface area contributed by atoms with E-state index in [1.807, 2.05) is 0 Å². The van der Waals surface area contributed by atoms with Gasteiger partial charge in [-0.25, -0.2) is 0 Å². The van der Waals surface area contributed by atoms with Gasteiger partial charge in [-0.15, -0.1) is 0 Å². The van der Waals surface area contributed by atoms with Gasteiger partial charge in [0.05, 0.1) is 11.8 Å². The molecule has 0 fully saturated rings. The summed E-state index contributed by atoms with van der Waals surface area (Å²) in [4.78, 5) is 23.9. The first-order valence-corrected chi connectivity index (χ1v) is 6.01. The van der Waals surface area contributed by atoms with Crippen LogP contribution in [0.25, 0.3) is 5.57 Å². The first-order valence-electron chi connectivity index (χ1n) is 6.01. The molecule has 0 saturated carbocycles. The number of ketones is 1. The number of hydrogen-bond donors (Lipinski definition) is 2. The molecule has 0 aliphatic carbocycles. The highest BCUT2D eigenvalue weighted by Crippen LogP contribution is 2.32. The number of anilines is 1. The van der Waals surface area contributed by atoms with Crippen LogP contribution in [0.3, 0.4) is 0 Å². The molecule has 0 unspecified atom stereocenters. The molecule has 0 bridgehead atoms. The van der Waals surface area contributed by atoms with Gasteiger partial charge < -0.3 is 10.4 Å². The van der Waals surface area contributed by atoms with Crippen LogP contribution in [-0.2, 0) is 4.79 Å². The summed E-state index contributed by atoms with van der Waals surface area (Å²) in [7, 11) is 0. The number of carbonyl (C=O) groups is 2. The fourth-order valence-electron chi connectivity index (χ4n) is 2.16. The number of amides is 1. The number of nitrogens with one attached hydrogen (secondary N) is 1. The normalized spacial score (nSPS) is 15.0. The van der Waals surface area contributed by atoms with Crippen LogP contribution in [-0.4, -0.2) is 16.8 Å². The maximum Gasteiger partial charge on any atom is 0.259 e.